The second kappa shape index (κ2) is 5.67. The van der Waals surface area contributed by atoms with Crippen molar-refractivity contribution < 1.29 is 9.13 Å². The van der Waals surface area contributed by atoms with Crippen LogP contribution in [0.3, 0.4) is 0 Å². The summed E-state index contributed by atoms with van der Waals surface area (Å²) < 4.78 is 18.9. The number of aromatic nitrogens is 1. The lowest BCUT2D eigenvalue weighted by molar-refractivity contribution is 0.0965. The first-order chi connectivity index (χ1) is 8.20. The van der Waals surface area contributed by atoms with Crippen LogP contribution < -0.4 is 4.74 Å². The van der Waals surface area contributed by atoms with Crippen molar-refractivity contribution in [2.45, 2.75) is 44.6 Å². The van der Waals surface area contributed by atoms with Crippen molar-refractivity contribution in [3.05, 3.63) is 23.6 Å². The topological polar surface area (TPSA) is 22.1 Å². The van der Waals surface area contributed by atoms with E-state index in [-0.39, 0.29) is 17.8 Å². The van der Waals surface area contributed by atoms with Crippen LogP contribution in [-0.4, -0.2) is 11.1 Å². The highest BCUT2D eigenvalue weighted by atomic mass is 35.5. The molecular weight excluding hydrogens is 241 g/mol. The lowest BCUT2D eigenvalue weighted by Crippen LogP contribution is -2.29. The summed E-state index contributed by atoms with van der Waals surface area (Å²) in [6.45, 7) is 2.19. The standard InChI is InChI=1S/C13H17ClFNO/c1-9-4-2-3-5-12(9)17-13-10(7-14)6-11(15)8-16-13/h6,8-9,12H,2-5,7H2,1H3. The molecule has 0 aliphatic heterocycles. The van der Waals surface area contributed by atoms with Gasteiger partial charge in [0.05, 0.1) is 12.1 Å². The second-order valence-electron chi connectivity index (χ2n) is 4.67. The van der Waals surface area contributed by atoms with E-state index in [4.69, 9.17) is 16.3 Å². The molecule has 94 valence electrons. The van der Waals surface area contributed by atoms with Crippen LogP contribution in [0.2, 0.25) is 0 Å². The maximum absolute atomic E-state index is 13.0. The third-order valence-corrected chi connectivity index (χ3v) is 3.62. The predicted octanol–water partition coefficient (Wildman–Crippen LogP) is 3.92. The number of rotatable bonds is 3. The molecule has 1 aromatic heterocycles. The van der Waals surface area contributed by atoms with E-state index in [0.717, 1.165) is 6.42 Å². The zero-order valence-electron chi connectivity index (χ0n) is 9.96. The number of alkyl halides is 1. The zero-order chi connectivity index (χ0) is 12.3. The Morgan fingerprint density at radius 2 is 2.24 bits per heavy atom. The molecule has 4 heteroatoms. The van der Waals surface area contributed by atoms with E-state index in [9.17, 15) is 4.39 Å². The fourth-order valence-electron chi connectivity index (χ4n) is 2.27. The molecule has 1 aliphatic rings. The van der Waals surface area contributed by atoms with Gasteiger partial charge in [0.25, 0.3) is 0 Å². The van der Waals surface area contributed by atoms with Crippen LogP contribution in [0, 0.1) is 11.7 Å². The van der Waals surface area contributed by atoms with Crippen LogP contribution in [0.25, 0.3) is 0 Å². The van der Waals surface area contributed by atoms with Gasteiger partial charge in [-0.1, -0.05) is 13.3 Å². The van der Waals surface area contributed by atoms with Crippen LogP contribution >= 0.6 is 11.6 Å². The van der Waals surface area contributed by atoms with Gasteiger partial charge >= 0.3 is 0 Å². The molecule has 1 saturated carbocycles. The molecule has 0 spiro atoms. The number of nitrogens with zero attached hydrogens (tertiary/aromatic N) is 1. The molecule has 0 N–H and O–H groups in total. The van der Waals surface area contributed by atoms with E-state index in [1.807, 2.05) is 0 Å². The Bertz CT molecular complexity index is 386. The SMILES string of the molecule is CC1CCCCC1Oc1ncc(F)cc1CCl. The molecule has 1 fully saturated rings. The van der Waals surface area contributed by atoms with Crippen molar-refractivity contribution in [3.63, 3.8) is 0 Å². The van der Waals surface area contributed by atoms with Crippen LogP contribution in [0.1, 0.15) is 38.2 Å². The summed E-state index contributed by atoms with van der Waals surface area (Å²) in [5.41, 5.74) is 0.629. The Kier molecular flexibility index (Phi) is 4.21. The minimum Gasteiger partial charge on any atom is -0.474 e. The van der Waals surface area contributed by atoms with Crippen molar-refractivity contribution in [2.24, 2.45) is 5.92 Å². The molecule has 2 unspecified atom stereocenters. The van der Waals surface area contributed by atoms with Crippen LogP contribution in [-0.2, 0) is 5.88 Å². The molecule has 2 rings (SSSR count). The van der Waals surface area contributed by atoms with Gasteiger partial charge in [-0.05, 0) is 31.2 Å². The second-order valence-corrected chi connectivity index (χ2v) is 4.94. The van der Waals surface area contributed by atoms with Crippen molar-refractivity contribution in [1.29, 1.82) is 0 Å². The highest BCUT2D eigenvalue weighted by molar-refractivity contribution is 6.17. The summed E-state index contributed by atoms with van der Waals surface area (Å²) in [7, 11) is 0. The average molecular weight is 258 g/mol. The van der Waals surface area contributed by atoms with E-state index in [2.05, 4.69) is 11.9 Å². The first-order valence-corrected chi connectivity index (χ1v) is 6.61. The molecule has 0 amide bonds. The van der Waals surface area contributed by atoms with Gasteiger partial charge in [0.2, 0.25) is 5.88 Å². The van der Waals surface area contributed by atoms with Gasteiger partial charge in [-0.3, -0.25) is 0 Å². The lowest BCUT2D eigenvalue weighted by Gasteiger charge is -2.29. The summed E-state index contributed by atoms with van der Waals surface area (Å²) >= 11 is 5.77. The molecule has 1 aromatic rings. The summed E-state index contributed by atoms with van der Waals surface area (Å²) in [5, 5.41) is 0. The van der Waals surface area contributed by atoms with Crippen molar-refractivity contribution >= 4 is 11.6 Å². The third-order valence-electron chi connectivity index (χ3n) is 3.33. The van der Waals surface area contributed by atoms with Gasteiger partial charge in [-0.25, -0.2) is 9.37 Å². The Balaban J connectivity index is 2.11. The molecule has 1 aliphatic carbocycles. The molecule has 1 heterocycles. The molecule has 2 atom stereocenters. The van der Waals surface area contributed by atoms with Gasteiger partial charge in [-0.15, -0.1) is 11.6 Å². The maximum Gasteiger partial charge on any atom is 0.218 e. The number of halogens is 2. The summed E-state index contributed by atoms with van der Waals surface area (Å²) in [6, 6.07) is 1.39. The van der Waals surface area contributed by atoms with Gasteiger partial charge in [0.1, 0.15) is 11.9 Å². The van der Waals surface area contributed by atoms with Gasteiger partial charge in [0, 0.05) is 5.56 Å². The average Bonchev–Trinajstić information content (AvgIpc) is 2.34. The maximum atomic E-state index is 13.0. The number of pyridine rings is 1. The van der Waals surface area contributed by atoms with E-state index >= 15 is 0 Å². The van der Waals surface area contributed by atoms with E-state index in [1.54, 1.807) is 0 Å². The zero-order valence-corrected chi connectivity index (χ0v) is 10.7. The Morgan fingerprint density at radius 1 is 1.47 bits per heavy atom. The lowest BCUT2D eigenvalue weighted by atomic mass is 9.88. The van der Waals surface area contributed by atoms with E-state index in [0.29, 0.717) is 17.4 Å². The van der Waals surface area contributed by atoms with Gasteiger partial charge < -0.3 is 4.74 Å². The highest BCUT2D eigenvalue weighted by Crippen LogP contribution is 2.29. The minimum absolute atomic E-state index is 0.184. The van der Waals surface area contributed by atoms with Crippen molar-refractivity contribution in [3.8, 4) is 5.88 Å². The largest absolute Gasteiger partial charge is 0.474 e. The smallest absolute Gasteiger partial charge is 0.218 e. The fourth-order valence-corrected chi connectivity index (χ4v) is 2.46. The van der Waals surface area contributed by atoms with Crippen LogP contribution in [0.5, 0.6) is 5.88 Å². The number of hydrogen-bond donors (Lipinski definition) is 0. The van der Waals surface area contributed by atoms with Gasteiger partial charge in [0.15, 0.2) is 0 Å². The summed E-state index contributed by atoms with van der Waals surface area (Å²) in [5.74, 6) is 0.866. The summed E-state index contributed by atoms with van der Waals surface area (Å²) in [4.78, 5) is 4.00. The monoisotopic (exact) mass is 257 g/mol. The minimum atomic E-state index is -0.371. The molecule has 2 nitrogen and oxygen atoms in total. The normalized spacial score (nSPS) is 24.6. The number of hydrogen-bond acceptors (Lipinski definition) is 2. The van der Waals surface area contributed by atoms with Crippen molar-refractivity contribution in [2.75, 3.05) is 0 Å². The molecule has 0 saturated heterocycles. The first-order valence-electron chi connectivity index (χ1n) is 6.07. The van der Waals surface area contributed by atoms with E-state index in [1.165, 1.54) is 31.5 Å². The molecule has 0 radical (unpaired) electrons. The van der Waals surface area contributed by atoms with Crippen LogP contribution in [0.4, 0.5) is 4.39 Å². The quantitative estimate of drug-likeness (QED) is 0.766. The molecular formula is C13H17ClFNO. The summed E-state index contributed by atoms with van der Waals surface area (Å²) in [6.07, 6.45) is 6.04. The molecule has 0 bridgehead atoms. The Labute approximate surface area is 106 Å². The Morgan fingerprint density at radius 3 is 2.94 bits per heavy atom. The van der Waals surface area contributed by atoms with Crippen LogP contribution in [0.15, 0.2) is 12.3 Å². The third kappa shape index (κ3) is 3.09. The molecule has 17 heavy (non-hydrogen) atoms. The highest BCUT2D eigenvalue weighted by Gasteiger charge is 2.24. The number of ether oxygens (including phenoxy) is 1. The first kappa shape index (κ1) is 12.6. The van der Waals surface area contributed by atoms with Crippen molar-refractivity contribution in [1.82, 2.24) is 4.98 Å². The Hall–Kier alpha value is -0.830. The van der Waals surface area contributed by atoms with Gasteiger partial charge in [-0.2, -0.15) is 0 Å². The molecule has 0 aromatic carbocycles. The fraction of sp³-hybridized carbons (Fsp3) is 0.615. The van der Waals surface area contributed by atoms with E-state index < -0.39 is 0 Å². The predicted molar refractivity (Wildman–Crippen MR) is 65.8 cm³/mol.